The number of carbonyl (C=O) groups excluding carboxylic acids is 2. The minimum atomic E-state index is -0.311. The molecule has 23 heavy (non-hydrogen) atoms. The Labute approximate surface area is 147 Å². The van der Waals surface area contributed by atoms with E-state index in [-0.39, 0.29) is 23.7 Å². The molecule has 0 bridgehead atoms. The average molecular weight is 394 g/mol. The lowest BCUT2D eigenvalue weighted by molar-refractivity contribution is -0.122. The zero-order valence-corrected chi connectivity index (χ0v) is 14.4. The molecule has 118 valence electrons. The number of hydrogen-bond acceptors (Lipinski definition) is 2. The Morgan fingerprint density at radius 1 is 0.913 bits per heavy atom. The summed E-state index contributed by atoms with van der Waals surface area (Å²) in [5, 5.41) is 6.09. The van der Waals surface area contributed by atoms with Gasteiger partial charge in [-0.3, -0.25) is 9.59 Å². The largest absolute Gasteiger partial charge is 0.325 e. The van der Waals surface area contributed by atoms with E-state index in [1.54, 1.807) is 24.3 Å². The Morgan fingerprint density at radius 2 is 1.43 bits per heavy atom. The van der Waals surface area contributed by atoms with Crippen LogP contribution in [0.3, 0.4) is 0 Å². The number of carbonyl (C=O) groups is 2. The van der Waals surface area contributed by atoms with Crippen molar-refractivity contribution in [3.63, 3.8) is 0 Å². The summed E-state index contributed by atoms with van der Waals surface area (Å²) in [6.07, 6.45) is 0.548. The summed E-state index contributed by atoms with van der Waals surface area (Å²) in [4.78, 5) is 24.4. The van der Waals surface area contributed by atoms with Gasteiger partial charge in [0.1, 0.15) is 0 Å². The molecule has 0 heterocycles. The zero-order chi connectivity index (χ0) is 16.4. The van der Waals surface area contributed by atoms with Crippen molar-refractivity contribution >= 4 is 50.7 Å². The molecule has 1 aliphatic rings. The van der Waals surface area contributed by atoms with E-state index in [1.807, 2.05) is 24.3 Å². The topological polar surface area (TPSA) is 58.2 Å². The quantitative estimate of drug-likeness (QED) is 0.813. The smallest absolute Gasteiger partial charge is 0.228 e. The van der Waals surface area contributed by atoms with Gasteiger partial charge in [-0.1, -0.05) is 35.9 Å². The second-order valence-corrected chi connectivity index (χ2v) is 6.65. The van der Waals surface area contributed by atoms with Crippen LogP contribution < -0.4 is 10.6 Å². The van der Waals surface area contributed by atoms with Crippen LogP contribution in [0.25, 0.3) is 0 Å². The van der Waals surface area contributed by atoms with Gasteiger partial charge in [0.2, 0.25) is 11.8 Å². The van der Waals surface area contributed by atoms with Crippen molar-refractivity contribution in [2.75, 3.05) is 10.6 Å². The van der Waals surface area contributed by atoms with Crippen molar-refractivity contribution in [3.05, 3.63) is 58.0 Å². The third-order valence-corrected chi connectivity index (χ3v) is 4.75. The van der Waals surface area contributed by atoms with Crippen molar-refractivity contribution in [2.45, 2.75) is 6.42 Å². The molecule has 2 N–H and O–H groups in total. The minimum Gasteiger partial charge on any atom is -0.325 e. The number of para-hydroxylation sites is 2. The summed E-state index contributed by atoms with van der Waals surface area (Å²) in [5.41, 5.74) is 1.27. The molecule has 4 nitrogen and oxygen atoms in total. The average Bonchev–Trinajstić information content (AvgIpc) is 3.32. The Kier molecular flexibility index (Phi) is 4.68. The molecule has 2 aromatic carbocycles. The predicted molar refractivity (Wildman–Crippen MR) is 94.5 cm³/mol. The van der Waals surface area contributed by atoms with Crippen molar-refractivity contribution < 1.29 is 9.59 Å². The van der Waals surface area contributed by atoms with E-state index < -0.39 is 0 Å². The van der Waals surface area contributed by atoms with Crippen molar-refractivity contribution in [3.8, 4) is 0 Å². The van der Waals surface area contributed by atoms with Gasteiger partial charge in [-0.15, -0.1) is 0 Å². The van der Waals surface area contributed by atoms with Gasteiger partial charge in [-0.2, -0.15) is 0 Å². The van der Waals surface area contributed by atoms with Crippen LogP contribution in [0.15, 0.2) is 53.0 Å². The summed E-state index contributed by atoms with van der Waals surface area (Å²) in [6, 6.07) is 14.4. The Balaban J connectivity index is 1.58. The lowest BCUT2D eigenvalue weighted by Gasteiger charge is -2.08. The van der Waals surface area contributed by atoms with E-state index in [4.69, 9.17) is 11.6 Å². The molecule has 1 aliphatic carbocycles. The van der Waals surface area contributed by atoms with E-state index in [9.17, 15) is 9.59 Å². The number of hydrogen-bond donors (Lipinski definition) is 2. The summed E-state index contributed by atoms with van der Waals surface area (Å²) in [5.74, 6) is -0.931. The molecule has 2 amide bonds. The molecule has 2 unspecified atom stereocenters. The standard InChI is InChI=1S/C17H14BrClN2O2/c18-12-5-1-3-7-14(12)20-16(22)10-9-11(10)17(23)21-15-8-4-2-6-13(15)19/h1-8,10-11H,9H2,(H,20,22)(H,21,23). The van der Waals surface area contributed by atoms with Crippen LogP contribution in [0.1, 0.15) is 6.42 Å². The first-order chi connectivity index (χ1) is 11.1. The minimum absolute atomic E-state index is 0.142. The first-order valence-corrected chi connectivity index (χ1v) is 8.34. The molecule has 2 atom stereocenters. The molecule has 3 rings (SSSR count). The molecule has 2 aromatic rings. The highest BCUT2D eigenvalue weighted by molar-refractivity contribution is 9.10. The highest BCUT2D eigenvalue weighted by Gasteiger charge is 2.48. The maximum absolute atomic E-state index is 12.2. The number of anilines is 2. The number of amides is 2. The molecule has 1 saturated carbocycles. The van der Waals surface area contributed by atoms with Crippen LogP contribution in [-0.4, -0.2) is 11.8 Å². The van der Waals surface area contributed by atoms with Gasteiger partial charge in [-0.25, -0.2) is 0 Å². The number of benzene rings is 2. The summed E-state index contributed by atoms with van der Waals surface area (Å²) in [6.45, 7) is 0. The number of rotatable bonds is 4. The normalized spacial score (nSPS) is 19.0. The van der Waals surface area contributed by atoms with Crippen LogP contribution in [-0.2, 0) is 9.59 Å². The fourth-order valence-electron chi connectivity index (χ4n) is 2.35. The summed E-state index contributed by atoms with van der Waals surface area (Å²) in [7, 11) is 0. The van der Waals surface area contributed by atoms with E-state index >= 15 is 0 Å². The van der Waals surface area contributed by atoms with Gasteiger partial charge in [0.05, 0.1) is 28.2 Å². The monoisotopic (exact) mass is 392 g/mol. The first kappa shape index (κ1) is 16.0. The fourth-order valence-corrected chi connectivity index (χ4v) is 2.92. The third kappa shape index (κ3) is 3.74. The Bertz CT molecular complexity index is 702. The predicted octanol–water partition coefficient (Wildman–Crippen LogP) is 4.32. The molecule has 6 heteroatoms. The molecule has 0 saturated heterocycles. The lowest BCUT2D eigenvalue weighted by Crippen LogP contribution is -2.20. The first-order valence-electron chi connectivity index (χ1n) is 7.17. The van der Waals surface area contributed by atoms with Crippen molar-refractivity contribution in [1.82, 2.24) is 0 Å². The highest BCUT2D eigenvalue weighted by Crippen LogP contribution is 2.41. The van der Waals surface area contributed by atoms with Crippen LogP contribution >= 0.6 is 27.5 Å². The van der Waals surface area contributed by atoms with Crippen molar-refractivity contribution in [2.24, 2.45) is 11.8 Å². The van der Waals surface area contributed by atoms with E-state index in [2.05, 4.69) is 26.6 Å². The van der Waals surface area contributed by atoms with Crippen LogP contribution in [0.4, 0.5) is 11.4 Å². The molecular weight excluding hydrogens is 380 g/mol. The van der Waals surface area contributed by atoms with Gasteiger partial charge in [0.25, 0.3) is 0 Å². The SMILES string of the molecule is O=C(Nc1ccccc1Cl)C1CC1C(=O)Nc1ccccc1Br. The number of halogens is 2. The Morgan fingerprint density at radius 3 is 2.04 bits per heavy atom. The van der Waals surface area contributed by atoms with Gasteiger partial charge in [0.15, 0.2) is 0 Å². The Hall–Kier alpha value is -1.85. The van der Waals surface area contributed by atoms with Crippen molar-refractivity contribution in [1.29, 1.82) is 0 Å². The zero-order valence-electron chi connectivity index (χ0n) is 12.1. The number of nitrogens with one attached hydrogen (secondary N) is 2. The maximum Gasteiger partial charge on any atom is 0.228 e. The second-order valence-electron chi connectivity index (χ2n) is 5.39. The van der Waals surface area contributed by atoms with Gasteiger partial charge >= 0.3 is 0 Å². The van der Waals surface area contributed by atoms with Crippen LogP contribution in [0.2, 0.25) is 5.02 Å². The van der Waals surface area contributed by atoms with Gasteiger partial charge in [-0.05, 0) is 46.6 Å². The van der Waals surface area contributed by atoms with Crippen LogP contribution in [0, 0.1) is 11.8 Å². The lowest BCUT2D eigenvalue weighted by atomic mass is 10.2. The molecule has 0 aliphatic heterocycles. The highest BCUT2D eigenvalue weighted by atomic mass is 79.9. The molecule has 1 fully saturated rings. The molecule has 0 spiro atoms. The summed E-state index contributed by atoms with van der Waals surface area (Å²) < 4.78 is 0.811. The van der Waals surface area contributed by atoms with E-state index in [0.717, 1.165) is 4.47 Å². The molecule has 0 radical (unpaired) electrons. The van der Waals surface area contributed by atoms with Gasteiger partial charge < -0.3 is 10.6 Å². The molecule has 0 aromatic heterocycles. The van der Waals surface area contributed by atoms with E-state index in [0.29, 0.717) is 22.8 Å². The third-order valence-electron chi connectivity index (χ3n) is 3.73. The maximum atomic E-state index is 12.2. The second kappa shape index (κ2) is 6.72. The van der Waals surface area contributed by atoms with Crippen LogP contribution in [0.5, 0.6) is 0 Å². The fraction of sp³-hybridized carbons (Fsp3) is 0.176. The van der Waals surface area contributed by atoms with Gasteiger partial charge in [0, 0.05) is 4.47 Å². The molecular formula is C17H14BrClN2O2. The van der Waals surface area contributed by atoms with E-state index in [1.165, 1.54) is 0 Å². The summed E-state index contributed by atoms with van der Waals surface area (Å²) >= 11 is 9.40.